The zero-order valence-corrected chi connectivity index (χ0v) is 11.4. The molecular formula is C14H13ClN4. The second-order valence-electron chi connectivity index (χ2n) is 4.54. The quantitative estimate of drug-likeness (QED) is 0.713. The Hall–Kier alpha value is -2.07. The zero-order chi connectivity index (χ0) is 13.6. The first kappa shape index (κ1) is 12.0. The van der Waals surface area contributed by atoms with Gasteiger partial charge in [-0.1, -0.05) is 11.6 Å². The molecule has 2 aromatic heterocycles. The van der Waals surface area contributed by atoms with E-state index >= 15 is 0 Å². The highest BCUT2D eigenvalue weighted by atomic mass is 35.5. The maximum Gasteiger partial charge on any atom is 0.163 e. The number of nitrogens with zero attached hydrogens (tertiary/aromatic N) is 2. The second kappa shape index (κ2) is 4.24. The third-order valence-corrected chi connectivity index (χ3v) is 3.53. The van der Waals surface area contributed by atoms with Crippen molar-refractivity contribution >= 4 is 28.5 Å². The first-order chi connectivity index (χ1) is 9.06. The molecule has 0 saturated carbocycles. The number of fused-ring (bicyclic) bond motifs is 1. The lowest BCUT2D eigenvalue weighted by molar-refractivity contribution is 1.19. The van der Waals surface area contributed by atoms with Gasteiger partial charge in [-0.3, -0.25) is 0 Å². The van der Waals surface area contributed by atoms with Gasteiger partial charge < -0.3 is 10.7 Å². The first-order valence-corrected chi connectivity index (χ1v) is 6.32. The minimum absolute atomic E-state index is 0.497. The Morgan fingerprint density at radius 2 is 1.79 bits per heavy atom. The van der Waals surface area contributed by atoms with Gasteiger partial charge in [0.15, 0.2) is 5.82 Å². The fraction of sp³-hybridized carbons (Fsp3) is 0.143. The van der Waals surface area contributed by atoms with E-state index in [-0.39, 0.29) is 0 Å². The Morgan fingerprint density at radius 3 is 2.47 bits per heavy atom. The standard InChI is InChI=1S/C14H13ClN4/c1-7-8(2)17-14-11(7)12(16)18-13(19-14)9-3-5-10(15)6-4-9/h3-6H,1-2H3,(H3,16,17,18,19). The average Bonchev–Trinajstić information content (AvgIpc) is 2.66. The van der Waals surface area contributed by atoms with Gasteiger partial charge in [0.1, 0.15) is 11.5 Å². The Morgan fingerprint density at radius 1 is 1.11 bits per heavy atom. The van der Waals surface area contributed by atoms with Crippen LogP contribution in [0.25, 0.3) is 22.4 Å². The molecule has 19 heavy (non-hydrogen) atoms. The molecule has 0 saturated heterocycles. The third kappa shape index (κ3) is 1.94. The molecule has 0 fully saturated rings. The highest BCUT2D eigenvalue weighted by molar-refractivity contribution is 6.30. The molecule has 0 aliphatic heterocycles. The number of aromatic amines is 1. The van der Waals surface area contributed by atoms with Crippen molar-refractivity contribution in [3.8, 4) is 11.4 Å². The normalized spacial score (nSPS) is 11.1. The van der Waals surface area contributed by atoms with Crippen molar-refractivity contribution in [3.05, 3.63) is 40.5 Å². The lowest BCUT2D eigenvalue weighted by atomic mass is 10.2. The molecule has 0 spiro atoms. The highest BCUT2D eigenvalue weighted by Crippen LogP contribution is 2.27. The number of aryl methyl sites for hydroxylation is 2. The van der Waals surface area contributed by atoms with E-state index in [9.17, 15) is 0 Å². The van der Waals surface area contributed by atoms with Crippen LogP contribution in [0.1, 0.15) is 11.3 Å². The van der Waals surface area contributed by atoms with E-state index in [0.29, 0.717) is 16.7 Å². The van der Waals surface area contributed by atoms with Gasteiger partial charge in [-0.25, -0.2) is 9.97 Å². The summed E-state index contributed by atoms with van der Waals surface area (Å²) in [5, 5.41) is 1.58. The molecule has 0 atom stereocenters. The number of aromatic nitrogens is 3. The lowest BCUT2D eigenvalue weighted by Crippen LogP contribution is -1.97. The van der Waals surface area contributed by atoms with E-state index in [0.717, 1.165) is 27.9 Å². The summed E-state index contributed by atoms with van der Waals surface area (Å²) in [5.41, 5.74) is 9.86. The zero-order valence-electron chi connectivity index (χ0n) is 10.7. The van der Waals surface area contributed by atoms with Crippen LogP contribution in [0.5, 0.6) is 0 Å². The van der Waals surface area contributed by atoms with Crippen molar-refractivity contribution in [1.29, 1.82) is 0 Å². The van der Waals surface area contributed by atoms with E-state index < -0.39 is 0 Å². The number of benzene rings is 1. The summed E-state index contributed by atoms with van der Waals surface area (Å²) in [4.78, 5) is 12.1. The van der Waals surface area contributed by atoms with Crippen molar-refractivity contribution in [2.75, 3.05) is 5.73 Å². The van der Waals surface area contributed by atoms with Gasteiger partial charge in [0.05, 0.1) is 5.39 Å². The van der Waals surface area contributed by atoms with Crippen LogP contribution in [0, 0.1) is 13.8 Å². The molecule has 0 unspecified atom stereocenters. The maximum atomic E-state index is 6.04. The second-order valence-corrected chi connectivity index (χ2v) is 4.97. The average molecular weight is 273 g/mol. The molecule has 3 rings (SSSR count). The van der Waals surface area contributed by atoms with E-state index in [1.165, 1.54) is 0 Å². The van der Waals surface area contributed by atoms with Crippen LogP contribution in [0.3, 0.4) is 0 Å². The van der Waals surface area contributed by atoms with Crippen LogP contribution in [-0.4, -0.2) is 15.0 Å². The van der Waals surface area contributed by atoms with E-state index in [1.807, 2.05) is 38.1 Å². The van der Waals surface area contributed by atoms with Gasteiger partial charge in [0, 0.05) is 16.3 Å². The molecular weight excluding hydrogens is 260 g/mol. The molecule has 0 bridgehead atoms. The van der Waals surface area contributed by atoms with Gasteiger partial charge >= 0.3 is 0 Å². The van der Waals surface area contributed by atoms with Crippen molar-refractivity contribution in [1.82, 2.24) is 15.0 Å². The van der Waals surface area contributed by atoms with E-state index in [4.69, 9.17) is 17.3 Å². The smallest absolute Gasteiger partial charge is 0.163 e. The minimum atomic E-state index is 0.497. The van der Waals surface area contributed by atoms with Gasteiger partial charge in [-0.15, -0.1) is 0 Å². The van der Waals surface area contributed by atoms with Crippen molar-refractivity contribution in [3.63, 3.8) is 0 Å². The highest BCUT2D eigenvalue weighted by Gasteiger charge is 2.12. The van der Waals surface area contributed by atoms with Crippen LogP contribution >= 0.6 is 11.6 Å². The predicted molar refractivity (Wildman–Crippen MR) is 78.2 cm³/mol. The van der Waals surface area contributed by atoms with Gasteiger partial charge in [-0.05, 0) is 43.7 Å². The summed E-state index contributed by atoms with van der Waals surface area (Å²) in [6, 6.07) is 7.38. The summed E-state index contributed by atoms with van der Waals surface area (Å²) in [5.74, 6) is 1.10. The SMILES string of the molecule is Cc1[nH]c2nc(-c3ccc(Cl)cc3)nc(N)c2c1C. The number of hydrogen-bond donors (Lipinski definition) is 2. The molecule has 1 aromatic carbocycles. The van der Waals surface area contributed by atoms with Crippen molar-refractivity contribution < 1.29 is 0 Å². The number of H-pyrrole nitrogens is 1. The summed E-state index contributed by atoms with van der Waals surface area (Å²) in [6.07, 6.45) is 0. The fourth-order valence-corrected chi connectivity index (χ4v) is 2.25. The Bertz CT molecular complexity index is 759. The molecule has 3 N–H and O–H groups in total. The monoisotopic (exact) mass is 272 g/mol. The van der Waals surface area contributed by atoms with Crippen LogP contribution in [0.15, 0.2) is 24.3 Å². The molecule has 0 aliphatic rings. The number of anilines is 1. The number of nitrogens with two attached hydrogens (primary N) is 1. The van der Waals surface area contributed by atoms with E-state index in [2.05, 4.69) is 15.0 Å². The number of nitrogens with one attached hydrogen (secondary N) is 1. The molecule has 5 heteroatoms. The maximum absolute atomic E-state index is 6.04. The van der Waals surface area contributed by atoms with Gasteiger partial charge in [0.25, 0.3) is 0 Å². The molecule has 4 nitrogen and oxygen atoms in total. The fourth-order valence-electron chi connectivity index (χ4n) is 2.13. The van der Waals surface area contributed by atoms with E-state index in [1.54, 1.807) is 0 Å². The van der Waals surface area contributed by atoms with Crippen LogP contribution in [-0.2, 0) is 0 Å². The lowest BCUT2D eigenvalue weighted by Gasteiger charge is -2.03. The molecule has 0 radical (unpaired) electrons. The van der Waals surface area contributed by atoms with Crippen LogP contribution in [0.4, 0.5) is 5.82 Å². The molecule has 96 valence electrons. The van der Waals surface area contributed by atoms with Crippen LogP contribution in [0.2, 0.25) is 5.02 Å². The Balaban J connectivity index is 2.23. The van der Waals surface area contributed by atoms with Gasteiger partial charge in [0.2, 0.25) is 0 Å². The number of nitrogen functional groups attached to an aromatic ring is 1. The Kier molecular flexibility index (Phi) is 2.68. The molecule has 3 aromatic rings. The number of halogens is 1. The predicted octanol–water partition coefficient (Wildman–Crippen LogP) is 3.48. The first-order valence-electron chi connectivity index (χ1n) is 5.94. The minimum Gasteiger partial charge on any atom is -0.383 e. The third-order valence-electron chi connectivity index (χ3n) is 3.28. The van der Waals surface area contributed by atoms with Crippen molar-refractivity contribution in [2.45, 2.75) is 13.8 Å². The molecule has 0 amide bonds. The topological polar surface area (TPSA) is 67.6 Å². The van der Waals surface area contributed by atoms with Crippen molar-refractivity contribution in [2.24, 2.45) is 0 Å². The molecule has 0 aliphatic carbocycles. The number of rotatable bonds is 1. The summed E-state index contributed by atoms with van der Waals surface area (Å²) < 4.78 is 0. The van der Waals surface area contributed by atoms with Crippen LogP contribution < -0.4 is 5.73 Å². The Labute approximate surface area is 115 Å². The molecule has 2 heterocycles. The number of hydrogen-bond acceptors (Lipinski definition) is 3. The summed E-state index contributed by atoms with van der Waals surface area (Å²) in [6.45, 7) is 4.01. The summed E-state index contributed by atoms with van der Waals surface area (Å²) in [7, 11) is 0. The largest absolute Gasteiger partial charge is 0.383 e. The summed E-state index contributed by atoms with van der Waals surface area (Å²) >= 11 is 5.88. The van der Waals surface area contributed by atoms with Gasteiger partial charge in [-0.2, -0.15) is 0 Å².